The lowest BCUT2D eigenvalue weighted by atomic mass is 10.1. The van der Waals surface area contributed by atoms with E-state index in [-0.39, 0.29) is 11.8 Å². The smallest absolute Gasteiger partial charge is 0.277 e. The van der Waals surface area contributed by atoms with E-state index in [0.29, 0.717) is 24.6 Å². The zero-order chi connectivity index (χ0) is 12.4. The topological polar surface area (TPSA) is 50.3 Å². The van der Waals surface area contributed by atoms with Crippen molar-refractivity contribution >= 4 is 27.7 Å². The predicted octanol–water partition coefficient (Wildman–Crippen LogP) is 2.24. The lowest BCUT2D eigenvalue weighted by Crippen LogP contribution is -2.32. The molecule has 1 unspecified atom stereocenters. The van der Waals surface area contributed by atoms with Crippen molar-refractivity contribution in [3.63, 3.8) is 0 Å². The number of hydrogen-bond donors (Lipinski definition) is 0. The maximum Gasteiger partial charge on any atom is 0.279 e. The molecule has 1 fully saturated rings. The van der Waals surface area contributed by atoms with Crippen molar-refractivity contribution in [2.75, 3.05) is 6.54 Å². The molecule has 1 aromatic heterocycles. The van der Waals surface area contributed by atoms with Crippen LogP contribution in [-0.4, -0.2) is 28.2 Å². The average molecular weight is 297 g/mol. The summed E-state index contributed by atoms with van der Waals surface area (Å²) in [5.74, 6) is -0.0908. The molecular formula is C12H13BrN2O2. The molecule has 2 heterocycles. The minimum absolute atomic E-state index is 0.0911. The Morgan fingerprint density at radius 3 is 2.88 bits per heavy atom. The van der Waals surface area contributed by atoms with Crippen LogP contribution in [0.3, 0.4) is 0 Å². The van der Waals surface area contributed by atoms with E-state index in [0.717, 1.165) is 10.9 Å². The normalized spacial score (nSPS) is 19.8. The van der Waals surface area contributed by atoms with Crippen molar-refractivity contribution in [3.8, 4) is 0 Å². The van der Waals surface area contributed by atoms with E-state index in [2.05, 4.69) is 20.9 Å². The van der Waals surface area contributed by atoms with E-state index in [4.69, 9.17) is 0 Å². The third-order valence-corrected chi connectivity index (χ3v) is 3.44. The lowest BCUT2D eigenvalue weighted by molar-refractivity contribution is -0.125. The van der Waals surface area contributed by atoms with Crippen molar-refractivity contribution in [2.24, 2.45) is 5.92 Å². The number of halogens is 1. The molecule has 0 aliphatic carbocycles. The van der Waals surface area contributed by atoms with Crippen LogP contribution in [0.1, 0.15) is 30.3 Å². The van der Waals surface area contributed by atoms with Crippen LogP contribution in [0.15, 0.2) is 22.8 Å². The number of likely N-dealkylation sites (tertiary alicyclic amines) is 1. The van der Waals surface area contributed by atoms with Gasteiger partial charge in [0.15, 0.2) is 0 Å². The summed E-state index contributed by atoms with van der Waals surface area (Å²) in [5, 5.41) is 0. The molecule has 1 aliphatic heterocycles. The Bertz CT molecular complexity index is 444. The lowest BCUT2D eigenvalue weighted by Gasteiger charge is -2.13. The van der Waals surface area contributed by atoms with Gasteiger partial charge in [-0.05, 0) is 34.0 Å². The van der Waals surface area contributed by atoms with E-state index in [1.807, 2.05) is 6.92 Å². The molecule has 0 spiro atoms. The number of carbonyl (C=O) groups is 2. The van der Waals surface area contributed by atoms with Crippen LogP contribution in [-0.2, 0) is 4.79 Å². The molecule has 1 aromatic rings. The van der Waals surface area contributed by atoms with Gasteiger partial charge in [0.05, 0.1) is 0 Å². The number of imide groups is 1. The van der Waals surface area contributed by atoms with Crippen molar-refractivity contribution in [3.05, 3.63) is 28.5 Å². The third kappa shape index (κ3) is 2.54. The van der Waals surface area contributed by atoms with Crippen molar-refractivity contribution in [2.45, 2.75) is 19.8 Å². The monoisotopic (exact) mass is 296 g/mol. The number of carbonyl (C=O) groups excluding carboxylic acids is 2. The maximum atomic E-state index is 12.1. The number of aromatic nitrogens is 1. The first-order valence-corrected chi connectivity index (χ1v) is 6.37. The first-order chi connectivity index (χ1) is 8.11. The van der Waals surface area contributed by atoms with Crippen molar-refractivity contribution < 1.29 is 9.59 Å². The fourth-order valence-corrected chi connectivity index (χ4v) is 2.13. The molecule has 2 amide bonds. The molecule has 0 N–H and O–H groups in total. The van der Waals surface area contributed by atoms with E-state index >= 15 is 0 Å². The molecule has 5 heteroatoms. The molecule has 4 nitrogen and oxygen atoms in total. The first kappa shape index (κ1) is 12.2. The largest absolute Gasteiger partial charge is 0.279 e. The molecule has 90 valence electrons. The Morgan fingerprint density at radius 1 is 1.59 bits per heavy atom. The Kier molecular flexibility index (Phi) is 3.57. The Morgan fingerprint density at radius 2 is 2.35 bits per heavy atom. The molecule has 17 heavy (non-hydrogen) atoms. The highest BCUT2D eigenvalue weighted by atomic mass is 79.9. The Balaban J connectivity index is 2.15. The quantitative estimate of drug-likeness (QED) is 0.787. The van der Waals surface area contributed by atoms with Crippen molar-refractivity contribution in [1.29, 1.82) is 0 Å². The summed E-state index contributed by atoms with van der Waals surface area (Å²) in [6.07, 6.45) is 2.95. The molecule has 0 saturated carbocycles. The number of pyridine rings is 1. The SMILES string of the molecule is CCC1CC(=O)N(C(=O)c2ccc(Br)cn2)C1. The van der Waals surface area contributed by atoms with Crippen LogP contribution in [0.5, 0.6) is 0 Å². The third-order valence-electron chi connectivity index (χ3n) is 2.97. The molecule has 0 aromatic carbocycles. The number of hydrogen-bond acceptors (Lipinski definition) is 3. The zero-order valence-electron chi connectivity index (χ0n) is 9.52. The molecule has 0 radical (unpaired) electrons. The minimum atomic E-state index is -0.293. The van der Waals surface area contributed by atoms with Crippen LogP contribution in [0.2, 0.25) is 0 Å². The van der Waals surface area contributed by atoms with Gasteiger partial charge >= 0.3 is 0 Å². The average Bonchev–Trinajstić information content (AvgIpc) is 2.71. The number of nitrogens with zero attached hydrogens (tertiary/aromatic N) is 2. The van der Waals surface area contributed by atoms with Gasteiger partial charge in [0.25, 0.3) is 5.91 Å². The summed E-state index contributed by atoms with van der Waals surface area (Å²) in [4.78, 5) is 29.1. The van der Waals surface area contributed by atoms with Gasteiger partial charge in [-0.2, -0.15) is 0 Å². The van der Waals surface area contributed by atoms with E-state index in [1.165, 1.54) is 4.90 Å². The molecule has 0 bridgehead atoms. The summed E-state index contributed by atoms with van der Waals surface area (Å²) < 4.78 is 0.813. The van der Waals surface area contributed by atoms with Crippen LogP contribution in [0.4, 0.5) is 0 Å². The predicted molar refractivity (Wildman–Crippen MR) is 66.4 cm³/mol. The molecular weight excluding hydrogens is 284 g/mol. The standard InChI is InChI=1S/C12H13BrN2O2/c1-2-8-5-11(16)15(7-8)12(17)10-4-3-9(13)6-14-10/h3-4,6,8H,2,5,7H2,1H3. The molecule has 1 atom stereocenters. The summed E-state index contributed by atoms with van der Waals surface area (Å²) in [6.45, 7) is 2.55. The van der Waals surface area contributed by atoms with Crippen LogP contribution in [0.25, 0.3) is 0 Å². The van der Waals surface area contributed by atoms with Crippen LogP contribution >= 0.6 is 15.9 Å². The summed E-state index contributed by atoms with van der Waals surface area (Å²) >= 11 is 3.26. The highest BCUT2D eigenvalue weighted by molar-refractivity contribution is 9.10. The van der Waals surface area contributed by atoms with Gasteiger partial charge in [-0.1, -0.05) is 13.3 Å². The maximum absolute atomic E-state index is 12.1. The van der Waals surface area contributed by atoms with Gasteiger partial charge in [-0.25, -0.2) is 4.98 Å². The second-order valence-electron chi connectivity index (χ2n) is 4.15. The second kappa shape index (κ2) is 4.96. The van der Waals surface area contributed by atoms with Gasteiger partial charge in [0.2, 0.25) is 5.91 Å². The van der Waals surface area contributed by atoms with Crippen LogP contribution in [0, 0.1) is 5.92 Å². The highest BCUT2D eigenvalue weighted by Gasteiger charge is 2.33. The van der Waals surface area contributed by atoms with E-state index < -0.39 is 0 Å². The van der Waals surface area contributed by atoms with Gasteiger partial charge in [0, 0.05) is 23.6 Å². The highest BCUT2D eigenvalue weighted by Crippen LogP contribution is 2.22. The van der Waals surface area contributed by atoms with E-state index in [1.54, 1.807) is 18.3 Å². The minimum Gasteiger partial charge on any atom is -0.277 e. The van der Waals surface area contributed by atoms with E-state index in [9.17, 15) is 9.59 Å². The Hall–Kier alpha value is -1.23. The summed E-state index contributed by atoms with van der Waals surface area (Å²) in [6, 6.07) is 3.37. The molecule has 1 aliphatic rings. The number of amides is 2. The summed E-state index contributed by atoms with van der Waals surface area (Å²) in [7, 11) is 0. The second-order valence-corrected chi connectivity index (χ2v) is 5.07. The Labute approximate surface area is 108 Å². The fraction of sp³-hybridized carbons (Fsp3) is 0.417. The zero-order valence-corrected chi connectivity index (χ0v) is 11.1. The molecule has 2 rings (SSSR count). The number of rotatable bonds is 2. The summed E-state index contributed by atoms with van der Waals surface area (Å²) in [5.41, 5.74) is 0.318. The van der Waals surface area contributed by atoms with Gasteiger partial charge in [-0.15, -0.1) is 0 Å². The first-order valence-electron chi connectivity index (χ1n) is 5.58. The van der Waals surface area contributed by atoms with Crippen LogP contribution < -0.4 is 0 Å². The van der Waals surface area contributed by atoms with Crippen molar-refractivity contribution in [1.82, 2.24) is 9.88 Å². The van der Waals surface area contributed by atoms with Gasteiger partial charge in [-0.3, -0.25) is 14.5 Å². The molecule has 1 saturated heterocycles. The fourth-order valence-electron chi connectivity index (χ4n) is 1.89. The van der Waals surface area contributed by atoms with Gasteiger partial charge in [0.1, 0.15) is 5.69 Å². The van der Waals surface area contributed by atoms with Gasteiger partial charge < -0.3 is 0 Å².